The van der Waals surface area contributed by atoms with E-state index in [4.69, 9.17) is 9.84 Å². The van der Waals surface area contributed by atoms with Crippen LogP contribution in [0, 0.1) is 6.92 Å². The van der Waals surface area contributed by atoms with Gasteiger partial charge in [-0.05, 0) is 25.0 Å². The Bertz CT molecular complexity index is 1460. The van der Waals surface area contributed by atoms with Gasteiger partial charge in [-0.25, -0.2) is 13.1 Å². The maximum Gasteiger partial charge on any atom is 0.240 e. The third-order valence-electron chi connectivity index (χ3n) is 6.38. The maximum atomic E-state index is 13.3. The first-order chi connectivity index (χ1) is 17.0. The fourth-order valence-electron chi connectivity index (χ4n) is 4.49. The minimum Gasteiger partial charge on any atom is -0.379 e. The summed E-state index contributed by atoms with van der Waals surface area (Å²) in [7, 11) is -3.69. The van der Waals surface area contributed by atoms with E-state index < -0.39 is 10.0 Å². The molecule has 184 valence electrons. The van der Waals surface area contributed by atoms with Crippen LogP contribution in [0.2, 0.25) is 0 Å². The molecule has 5 rings (SSSR count). The van der Waals surface area contributed by atoms with Crippen molar-refractivity contribution in [2.75, 3.05) is 39.4 Å². The van der Waals surface area contributed by atoms with E-state index in [1.165, 1.54) is 0 Å². The van der Waals surface area contributed by atoms with E-state index in [0.717, 1.165) is 48.1 Å². The molecule has 35 heavy (non-hydrogen) atoms. The predicted octanol–water partition coefficient (Wildman–Crippen LogP) is 2.82. The zero-order valence-electron chi connectivity index (χ0n) is 20.1. The second-order valence-electron chi connectivity index (χ2n) is 8.83. The summed E-state index contributed by atoms with van der Waals surface area (Å²) in [6, 6.07) is 13.4. The fourth-order valence-corrected chi connectivity index (χ4v) is 5.78. The van der Waals surface area contributed by atoms with Gasteiger partial charge in [0.1, 0.15) is 0 Å². The maximum absolute atomic E-state index is 13.3. The molecule has 1 aliphatic heterocycles. The van der Waals surface area contributed by atoms with Crippen LogP contribution in [0.4, 0.5) is 0 Å². The van der Waals surface area contributed by atoms with Gasteiger partial charge >= 0.3 is 0 Å². The highest BCUT2D eigenvalue weighted by Crippen LogP contribution is 2.31. The number of nitrogens with zero attached hydrogens (tertiary/aromatic N) is 5. The van der Waals surface area contributed by atoms with Crippen molar-refractivity contribution in [3.63, 3.8) is 0 Å². The molecule has 1 aliphatic rings. The number of fused-ring (bicyclic) bond motifs is 3. The van der Waals surface area contributed by atoms with E-state index in [1.807, 2.05) is 43.3 Å². The molecule has 9 nitrogen and oxygen atoms in total. The van der Waals surface area contributed by atoms with Crippen LogP contribution in [0.1, 0.15) is 24.7 Å². The molecular formula is C25H30N6O3S. The predicted molar refractivity (Wildman–Crippen MR) is 135 cm³/mol. The van der Waals surface area contributed by atoms with E-state index in [0.29, 0.717) is 43.2 Å². The average molecular weight is 495 g/mol. The number of benzene rings is 2. The Balaban J connectivity index is 1.52. The minimum absolute atomic E-state index is 0.264. The molecule has 0 atom stereocenters. The lowest BCUT2D eigenvalue weighted by Crippen LogP contribution is -2.41. The normalized spacial score (nSPS) is 15.3. The standard InChI is InChI=1S/C25H30N6O3S/c1-3-6-23-27-28-25-21-8-5-4-7-20(21)24(29-31(23)25)19-10-9-18(2)22(17-19)35(32,33)26-11-12-30-13-15-34-16-14-30/h4-5,7-10,17,26H,3,6,11-16H2,1-2H3. The lowest BCUT2D eigenvalue weighted by Gasteiger charge is -2.26. The van der Waals surface area contributed by atoms with Gasteiger partial charge < -0.3 is 4.74 Å². The first-order valence-corrected chi connectivity index (χ1v) is 13.5. The molecule has 0 bridgehead atoms. The van der Waals surface area contributed by atoms with Crippen LogP contribution in [-0.2, 0) is 21.2 Å². The van der Waals surface area contributed by atoms with Gasteiger partial charge in [-0.1, -0.05) is 43.3 Å². The Morgan fingerprint density at radius 1 is 1.06 bits per heavy atom. The molecule has 0 spiro atoms. The number of hydrogen-bond acceptors (Lipinski definition) is 7. The SMILES string of the molecule is CCCc1nnc2c3ccccc3c(-c3ccc(C)c(S(=O)(=O)NCCN4CCOCC4)c3)nn12. The van der Waals surface area contributed by atoms with E-state index in [9.17, 15) is 8.42 Å². The molecule has 1 N–H and O–H groups in total. The summed E-state index contributed by atoms with van der Waals surface area (Å²) < 4.78 is 36.4. The third-order valence-corrected chi connectivity index (χ3v) is 7.98. The number of rotatable bonds is 8. The highest BCUT2D eigenvalue weighted by Gasteiger charge is 2.21. The summed E-state index contributed by atoms with van der Waals surface area (Å²) in [6.07, 6.45) is 1.68. The van der Waals surface area contributed by atoms with Crippen LogP contribution in [0.5, 0.6) is 0 Å². The molecule has 0 unspecified atom stereocenters. The number of sulfonamides is 1. The van der Waals surface area contributed by atoms with Gasteiger partial charge in [0.25, 0.3) is 0 Å². The summed E-state index contributed by atoms with van der Waals surface area (Å²) in [6.45, 7) is 7.91. The molecule has 1 fully saturated rings. The van der Waals surface area contributed by atoms with Crippen molar-refractivity contribution >= 4 is 26.4 Å². The molecule has 0 aliphatic carbocycles. The van der Waals surface area contributed by atoms with Crippen LogP contribution in [0.15, 0.2) is 47.4 Å². The number of nitrogens with one attached hydrogen (secondary N) is 1. The molecule has 10 heteroatoms. The first-order valence-electron chi connectivity index (χ1n) is 12.0. The van der Waals surface area contributed by atoms with Gasteiger partial charge in [0, 0.05) is 48.9 Å². The molecule has 0 amide bonds. The smallest absolute Gasteiger partial charge is 0.240 e. The lowest BCUT2D eigenvalue weighted by molar-refractivity contribution is 0.0390. The van der Waals surface area contributed by atoms with Gasteiger partial charge in [-0.15, -0.1) is 10.2 Å². The average Bonchev–Trinajstić information content (AvgIpc) is 3.27. The Kier molecular flexibility index (Phi) is 6.79. The van der Waals surface area contributed by atoms with E-state index in [2.05, 4.69) is 26.7 Å². The van der Waals surface area contributed by atoms with E-state index >= 15 is 0 Å². The second kappa shape index (κ2) is 9.98. The van der Waals surface area contributed by atoms with Crippen LogP contribution in [0.25, 0.3) is 27.7 Å². The summed E-state index contributed by atoms with van der Waals surface area (Å²) >= 11 is 0. The van der Waals surface area contributed by atoms with Gasteiger partial charge in [-0.2, -0.15) is 9.61 Å². The van der Waals surface area contributed by atoms with Crippen LogP contribution in [0.3, 0.4) is 0 Å². The Morgan fingerprint density at radius 2 is 1.83 bits per heavy atom. The van der Waals surface area contributed by atoms with Crippen LogP contribution >= 0.6 is 0 Å². The minimum atomic E-state index is -3.69. The van der Waals surface area contributed by atoms with Crippen molar-refractivity contribution in [1.29, 1.82) is 0 Å². The second-order valence-corrected chi connectivity index (χ2v) is 10.6. The van der Waals surface area contributed by atoms with E-state index in [1.54, 1.807) is 10.6 Å². The van der Waals surface area contributed by atoms with Gasteiger partial charge in [0.2, 0.25) is 10.0 Å². The van der Waals surface area contributed by atoms with Crippen molar-refractivity contribution in [2.24, 2.45) is 0 Å². The van der Waals surface area contributed by atoms with Crippen molar-refractivity contribution in [3.05, 3.63) is 53.9 Å². The van der Waals surface area contributed by atoms with Crippen molar-refractivity contribution < 1.29 is 13.2 Å². The Morgan fingerprint density at radius 3 is 2.60 bits per heavy atom. The van der Waals surface area contributed by atoms with Crippen LogP contribution < -0.4 is 4.72 Å². The van der Waals surface area contributed by atoms with Crippen molar-refractivity contribution in [2.45, 2.75) is 31.6 Å². The molecule has 0 saturated carbocycles. The molecule has 4 aromatic rings. The highest BCUT2D eigenvalue weighted by atomic mass is 32.2. The lowest BCUT2D eigenvalue weighted by atomic mass is 10.0. The molecule has 2 aromatic carbocycles. The third kappa shape index (κ3) is 4.79. The number of ether oxygens (including phenoxy) is 1. The van der Waals surface area contributed by atoms with Gasteiger partial charge in [-0.3, -0.25) is 4.90 Å². The Labute approximate surface area is 205 Å². The van der Waals surface area contributed by atoms with Gasteiger partial charge in [0.05, 0.1) is 23.8 Å². The number of aromatic nitrogens is 4. The number of hydrogen-bond donors (Lipinski definition) is 1. The zero-order valence-corrected chi connectivity index (χ0v) is 20.9. The molecule has 1 saturated heterocycles. The van der Waals surface area contributed by atoms with Crippen LogP contribution in [-0.4, -0.2) is 72.5 Å². The van der Waals surface area contributed by atoms with E-state index in [-0.39, 0.29) is 4.90 Å². The summed E-state index contributed by atoms with van der Waals surface area (Å²) in [4.78, 5) is 2.47. The monoisotopic (exact) mass is 494 g/mol. The van der Waals surface area contributed by atoms with Gasteiger partial charge in [0.15, 0.2) is 11.5 Å². The van der Waals surface area contributed by atoms with Crippen molar-refractivity contribution in [3.8, 4) is 11.3 Å². The number of morpholine rings is 1. The largest absolute Gasteiger partial charge is 0.379 e. The zero-order chi connectivity index (χ0) is 24.4. The summed E-state index contributed by atoms with van der Waals surface area (Å²) in [5, 5.41) is 15.4. The Hall–Kier alpha value is -2.92. The van der Waals surface area contributed by atoms with Crippen molar-refractivity contribution in [1.82, 2.24) is 29.4 Å². The fraction of sp³-hybridized carbons (Fsp3) is 0.400. The summed E-state index contributed by atoms with van der Waals surface area (Å²) in [5.74, 6) is 0.791. The first kappa shape index (κ1) is 23.8. The summed E-state index contributed by atoms with van der Waals surface area (Å²) in [5.41, 5.74) is 2.83. The molecule has 3 heterocycles. The highest BCUT2D eigenvalue weighted by molar-refractivity contribution is 7.89. The molecular weight excluding hydrogens is 464 g/mol. The topological polar surface area (TPSA) is 102 Å². The molecule has 0 radical (unpaired) electrons. The molecule has 2 aromatic heterocycles. The number of aryl methyl sites for hydroxylation is 2. The quantitative estimate of drug-likeness (QED) is 0.402.